The summed E-state index contributed by atoms with van der Waals surface area (Å²) in [6.07, 6.45) is 5.56. The van der Waals surface area contributed by atoms with E-state index in [4.69, 9.17) is 0 Å². The van der Waals surface area contributed by atoms with E-state index in [1.807, 2.05) is 6.08 Å². The van der Waals surface area contributed by atoms with Crippen LogP contribution in [0.1, 0.15) is 32.3 Å². The number of carbonyl (C=O) groups excluding carboxylic acids is 1. The first-order valence-corrected chi connectivity index (χ1v) is 7.63. The molecule has 0 radical (unpaired) electrons. The van der Waals surface area contributed by atoms with Gasteiger partial charge < -0.3 is 4.57 Å². The fourth-order valence-corrected chi connectivity index (χ4v) is 3.50. The van der Waals surface area contributed by atoms with Gasteiger partial charge in [-0.05, 0) is 41.7 Å². The predicted molar refractivity (Wildman–Crippen MR) is 86.6 cm³/mol. The van der Waals surface area contributed by atoms with E-state index in [1.165, 1.54) is 16.5 Å². The molecule has 1 aliphatic carbocycles. The highest BCUT2D eigenvalue weighted by Gasteiger charge is 2.29. The van der Waals surface area contributed by atoms with Gasteiger partial charge in [-0.3, -0.25) is 4.79 Å². The van der Waals surface area contributed by atoms with Gasteiger partial charge in [0, 0.05) is 40.6 Å². The Kier molecular flexibility index (Phi) is 3.13. The van der Waals surface area contributed by atoms with Crippen LogP contribution in [0.2, 0.25) is 0 Å². The highest BCUT2D eigenvalue weighted by Crippen LogP contribution is 2.40. The molecule has 1 aromatic heterocycles. The van der Waals surface area contributed by atoms with Gasteiger partial charge in [-0.2, -0.15) is 0 Å². The topological polar surface area (TPSA) is 22.0 Å². The van der Waals surface area contributed by atoms with Crippen molar-refractivity contribution in [1.29, 1.82) is 0 Å². The first kappa shape index (κ1) is 13.6. The monoisotopic (exact) mass is 331 g/mol. The molecule has 0 saturated carbocycles. The summed E-state index contributed by atoms with van der Waals surface area (Å²) >= 11 is 3.54. The zero-order chi connectivity index (χ0) is 14.5. The van der Waals surface area contributed by atoms with E-state index in [-0.39, 0.29) is 11.2 Å². The van der Waals surface area contributed by atoms with Crippen molar-refractivity contribution in [2.24, 2.45) is 12.5 Å². The second-order valence-electron chi connectivity index (χ2n) is 6.47. The van der Waals surface area contributed by atoms with Crippen molar-refractivity contribution in [3.05, 3.63) is 40.5 Å². The lowest BCUT2D eigenvalue weighted by Gasteiger charge is -2.28. The van der Waals surface area contributed by atoms with Crippen LogP contribution in [-0.4, -0.2) is 10.4 Å². The Morgan fingerprint density at radius 1 is 1.25 bits per heavy atom. The Labute approximate surface area is 127 Å². The van der Waals surface area contributed by atoms with Crippen molar-refractivity contribution in [1.82, 2.24) is 4.57 Å². The number of aryl methyl sites for hydroxylation is 1. The molecule has 0 atom stereocenters. The Hall–Kier alpha value is -1.35. The molecule has 20 heavy (non-hydrogen) atoms. The molecule has 0 amide bonds. The van der Waals surface area contributed by atoms with Crippen LogP contribution in [0, 0.1) is 5.41 Å². The summed E-state index contributed by atoms with van der Waals surface area (Å²) < 4.78 is 3.20. The fourth-order valence-electron chi connectivity index (χ4n) is 3.14. The Bertz CT molecular complexity index is 737. The van der Waals surface area contributed by atoms with Gasteiger partial charge in [-0.1, -0.05) is 29.8 Å². The molecular formula is C17H18BrNO. The minimum absolute atomic E-state index is 0.0509. The smallest absolute Gasteiger partial charge is 0.156 e. The van der Waals surface area contributed by atoms with Crippen molar-refractivity contribution in [2.75, 3.05) is 0 Å². The lowest BCUT2D eigenvalue weighted by molar-refractivity contribution is -0.116. The number of hydrogen-bond donors (Lipinski definition) is 0. The molecule has 0 bridgehead atoms. The summed E-state index contributed by atoms with van der Waals surface area (Å²) in [6.45, 7) is 4.33. The third-order valence-electron chi connectivity index (χ3n) is 3.95. The molecule has 0 saturated heterocycles. The predicted octanol–water partition coefficient (Wildman–Crippen LogP) is 4.71. The third kappa shape index (κ3) is 2.35. The van der Waals surface area contributed by atoms with E-state index >= 15 is 0 Å². The average molecular weight is 332 g/mol. The standard InChI is InChI=1S/C17H18BrNO/c1-17(2)8-11(6-13(20)9-17)15-10-19(3)16-5-4-12(18)7-14(15)16/h4-7,10H,8-9H2,1-3H3. The van der Waals surface area contributed by atoms with E-state index in [0.717, 1.165) is 16.5 Å². The van der Waals surface area contributed by atoms with E-state index in [1.54, 1.807) is 0 Å². The first-order valence-electron chi connectivity index (χ1n) is 6.84. The third-order valence-corrected chi connectivity index (χ3v) is 4.45. The molecule has 2 aromatic rings. The number of aromatic nitrogens is 1. The van der Waals surface area contributed by atoms with Crippen molar-refractivity contribution in [2.45, 2.75) is 26.7 Å². The maximum Gasteiger partial charge on any atom is 0.156 e. The van der Waals surface area contributed by atoms with Crippen LogP contribution in [0.4, 0.5) is 0 Å². The van der Waals surface area contributed by atoms with Crippen LogP contribution in [0.3, 0.4) is 0 Å². The number of halogens is 1. The first-order chi connectivity index (χ1) is 9.35. The highest BCUT2D eigenvalue weighted by molar-refractivity contribution is 9.10. The molecule has 2 nitrogen and oxygen atoms in total. The molecule has 3 rings (SSSR count). The molecule has 0 N–H and O–H groups in total. The lowest BCUT2D eigenvalue weighted by atomic mass is 9.75. The largest absolute Gasteiger partial charge is 0.350 e. The van der Waals surface area contributed by atoms with Crippen LogP contribution < -0.4 is 0 Å². The molecular weight excluding hydrogens is 314 g/mol. The summed E-state index contributed by atoms with van der Waals surface area (Å²) in [5.74, 6) is 0.239. The second kappa shape index (κ2) is 4.59. The van der Waals surface area contributed by atoms with Crippen molar-refractivity contribution in [3.8, 4) is 0 Å². The van der Waals surface area contributed by atoms with Crippen molar-refractivity contribution in [3.63, 3.8) is 0 Å². The number of nitrogens with zero attached hydrogens (tertiary/aromatic N) is 1. The van der Waals surface area contributed by atoms with Gasteiger partial charge in [0.15, 0.2) is 5.78 Å². The minimum Gasteiger partial charge on any atom is -0.350 e. The SMILES string of the molecule is Cn1cc(C2=CC(=O)CC(C)(C)C2)c2cc(Br)ccc21. The van der Waals surface area contributed by atoms with Crippen LogP contribution in [0.25, 0.3) is 16.5 Å². The van der Waals surface area contributed by atoms with Crippen LogP contribution in [0.5, 0.6) is 0 Å². The molecule has 1 heterocycles. The van der Waals surface area contributed by atoms with Crippen LogP contribution in [0.15, 0.2) is 34.9 Å². The fraction of sp³-hybridized carbons (Fsp3) is 0.353. The summed E-state index contributed by atoms with van der Waals surface area (Å²) in [6, 6.07) is 6.30. The minimum atomic E-state index is 0.0509. The number of benzene rings is 1. The zero-order valence-electron chi connectivity index (χ0n) is 12.0. The van der Waals surface area contributed by atoms with Gasteiger partial charge >= 0.3 is 0 Å². The maximum absolute atomic E-state index is 12.0. The normalized spacial score (nSPS) is 18.4. The molecule has 3 heteroatoms. The van der Waals surface area contributed by atoms with Gasteiger partial charge in [0.05, 0.1) is 0 Å². The van der Waals surface area contributed by atoms with Crippen molar-refractivity contribution < 1.29 is 4.79 Å². The number of hydrogen-bond acceptors (Lipinski definition) is 1. The number of ketones is 1. The molecule has 0 fully saturated rings. The molecule has 1 aliphatic rings. The Balaban J connectivity index is 2.20. The van der Waals surface area contributed by atoms with Gasteiger partial charge in [0.1, 0.15) is 0 Å². The zero-order valence-corrected chi connectivity index (χ0v) is 13.6. The second-order valence-corrected chi connectivity index (χ2v) is 7.38. The molecule has 1 aromatic carbocycles. The van der Waals surface area contributed by atoms with Gasteiger partial charge in [-0.25, -0.2) is 0 Å². The molecule has 0 spiro atoms. The van der Waals surface area contributed by atoms with Crippen LogP contribution >= 0.6 is 15.9 Å². The summed E-state index contributed by atoms with van der Waals surface area (Å²) in [4.78, 5) is 12.0. The van der Waals surface area contributed by atoms with Gasteiger partial charge in [0.25, 0.3) is 0 Å². The average Bonchev–Trinajstić information content (AvgIpc) is 2.63. The van der Waals surface area contributed by atoms with E-state index < -0.39 is 0 Å². The summed E-state index contributed by atoms with van der Waals surface area (Å²) in [5.41, 5.74) is 3.59. The maximum atomic E-state index is 12.0. The highest BCUT2D eigenvalue weighted by atomic mass is 79.9. The summed E-state index contributed by atoms with van der Waals surface area (Å²) in [5, 5.41) is 1.21. The van der Waals surface area contributed by atoms with E-state index in [2.05, 4.69) is 65.8 Å². The van der Waals surface area contributed by atoms with E-state index in [9.17, 15) is 4.79 Å². The molecule has 0 aliphatic heterocycles. The molecule has 0 unspecified atom stereocenters. The van der Waals surface area contributed by atoms with Gasteiger partial charge in [0.2, 0.25) is 0 Å². The molecule has 104 valence electrons. The number of fused-ring (bicyclic) bond motifs is 1. The number of rotatable bonds is 1. The lowest BCUT2D eigenvalue weighted by Crippen LogP contribution is -2.21. The quantitative estimate of drug-likeness (QED) is 0.741. The Morgan fingerprint density at radius 3 is 2.70 bits per heavy atom. The van der Waals surface area contributed by atoms with Crippen LogP contribution in [-0.2, 0) is 11.8 Å². The Morgan fingerprint density at radius 2 is 2.00 bits per heavy atom. The number of allylic oxidation sites excluding steroid dienone is 2. The van der Waals surface area contributed by atoms with Gasteiger partial charge in [-0.15, -0.1) is 0 Å². The van der Waals surface area contributed by atoms with Crippen molar-refractivity contribution >= 4 is 38.2 Å². The summed E-state index contributed by atoms with van der Waals surface area (Å²) in [7, 11) is 2.05. The number of carbonyl (C=O) groups is 1. The van der Waals surface area contributed by atoms with E-state index in [0.29, 0.717) is 6.42 Å².